The number of benzene rings is 4. The van der Waals surface area contributed by atoms with Crippen LogP contribution in [0.3, 0.4) is 0 Å². The zero-order valence-corrected chi connectivity index (χ0v) is 32.7. The monoisotopic (exact) mass is 760 g/mol. The fourth-order valence-corrected chi connectivity index (χ4v) is 6.92. The molecular weight excluding hydrogens is 713 g/mol. The molecule has 0 unspecified atom stereocenters. The van der Waals surface area contributed by atoms with Gasteiger partial charge in [-0.15, -0.1) is 0 Å². The molecule has 2 aromatic heterocycles. The van der Waals surface area contributed by atoms with Crippen LogP contribution >= 0.6 is 0 Å². The van der Waals surface area contributed by atoms with E-state index in [9.17, 15) is 40.2 Å². The quantitative estimate of drug-likeness (QED) is 0.122. The first-order valence-corrected chi connectivity index (χ1v) is 17.8. The fraction of sp³-hybridized carbons (Fsp3) is 0.227. The van der Waals surface area contributed by atoms with Crippen molar-refractivity contribution in [3.63, 3.8) is 0 Å². The van der Waals surface area contributed by atoms with Crippen molar-refractivity contribution in [2.75, 3.05) is 0 Å². The van der Waals surface area contributed by atoms with Gasteiger partial charge >= 0.3 is 0 Å². The van der Waals surface area contributed by atoms with Gasteiger partial charge < -0.3 is 40.2 Å². The lowest BCUT2D eigenvalue weighted by Gasteiger charge is -2.20. The molecule has 0 saturated carbocycles. The average Bonchev–Trinajstić information content (AvgIpc) is 3.85. The molecule has 0 fully saturated rings. The number of aromatic nitrogens is 4. The van der Waals surface area contributed by atoms with Crippen molar-refractivity contribution in [1.82, 2.24) is 9.97 Å². The zero-order valence-electron chi connectivity index (χ0n) is 32.7. The van der Waals surface area contributed by atoms with Crippen LogP contribution in [-0.2, 0) is 9.59 Å². The van der Waals surface area contributed by atoms with E-state index in [4.69, 9.17) is 0 Å². The molecule has 12 heteroatoms. The first-order chi connectivity index (χ1) is 26.4. The van der Waals surface area contributed by atoms with E-state index in [2.05, 4.69) is 19.9 Å². The zero-order chi connectivity index (χ0) is 41.4. The van der Waals surface area contributed by atoms with Gasteiger partial charge in [0.05, 0.1) is 23.8 Å². The summed E-state index contributed by atoms with van der Waals surface area (Å²) >= 11 is 0. The summed E-state index contributed by atoms with van der Waals surface area (Å²) in [6.45, 7) is 15.6. The third kappa shape index (κ3) is 10.0. The van der Waals surface area contributed by atoms with Crippen LogP contribution in [0, 0.1) is 55.4 Å². The number of aryl methyl sites for hydroxylation is 8. The summed E-state index contributed by atoms with van der Waals surface area (Å²) in [4.78, 5) is 31.3. The first-order valence-electron chi connectivity index (χ1n) is 17.8. The third-order valence-electron chi connectivity index (χ3n) is 9.24. The number of aromatic hydroxyl groups is 4. The van der Waals surface area contributed by atoms with Crippen molar-refractivity contribution < 1.29 is 50.2 Å². The number of carboxylic acids is 2. The molecule has 292 valence electrons. The molecule has 0 atom stereocenters. The highest BCUT2D eigenvalue weighted by Gasteiger charge is 2.30. The molecule has 0 saturated heterocycles. The Hall–Kier alpha value is -6.82. The molecule has 0 spiro atoms. The van der Waals surface area contributed by atoms with Gasteiger partial charge in [-0.2, -0.15) is 0 Å². The minimum atomic E-state index is -1.55. The number of aromatic amines is 4. The number of phenolic OH excluding ortho intramolecular Hbond substituents is 4. The second kappa shape index (κ2) is 18.0. The van der Waals surface area contributed by atoms with E-state index < -0.39 is 11.9 Å². The topological polar surface area (TPSA) is 221 Å². The summed E-state index contributed by atoms with van der Waals surface area (Å²) in [5, 5.41) is 61.5. The molecule has 0 aliphatic carbocycles. The Balaban J connectivity index is 0.000000209. The number of phenols is 4. The Morgan fingerprint density at radius 3 is 0.946 bits per heavy atom. The van der Waals surface area contributed by atoms with Gasteiger partial charge in [-0.3, -0.25) is 9.97 Å². The molecule has 12 nitrogen and oxygen atoms in total. The van der Waals surface area contributed by atoms with Crippen LogP contribution in [0.2, 0.25) is 0 Å². The summed E-state index contributed by atoms with van der Waals surface area (Å²) in [5.41, 5.74) is 12.5. The lowest BCUT2D eigenvalue weighted by Crippen LogP contribution is -2.23. The molecule has 6 aromatic rings. The molecule has 6 rings (SSSR count). The van der Waals surface area contributed by atoms with E-state index in [-0.39, 0.29) is 34.8 Å². The molecular formula is C44H48N4O8. The lowest BCUT2D eigenvalue weighted by atomic mass is 9.84. The minimum Gasteiger partial charge on any atom is -0.545 e. The molecule has 8 N–H and O–H groups in total. The van der Waals surface area contributed by atoms with Crippen LogP contribution < -0.4 is 20.2 Å². The summed E-state index contributed by atoms with van der Waals surface area (Å²) in [6.07, 6.45) is 7.96. The van der Waals surface area contributed by atoms with E-state index in [1.807, 2.05) is 116 Å². The van der Waals surface area contributed by atoms with Crippen molar-refractivity contribution in [2.24, 2.45) is 0 Å². The van der Waals surface area contributed by atoms with Crippen LogP contribution in [-0.4, -0.2) is 42.3 Å². The summed E-state index contributed by atoms with van der Waals surface area (Å²) < 4.78 is 0. The maximum Gasteiger partial charge on any atom is 0.239 e. The van der Waals surface area contributed by atoms with Gasteiger partial charge in [-0.25, -0.2) is 9.97 Å². The molecule has 0 amide bonds. The molecule has 0 aliphatic rings. The van der Waals surface area contributed by atoms with Gasteiger partial charge in [-0.1, -0.05) is 70.8 Å². The number of hydrogen-bond donors (Lipinski definition) is 6. The summed E-state index contributed by atoms with van der Waals surface area (Å²) in [5.74, 6) is -2.61. The maximum absolute atomic E-state index is 10.7. The molecule has 0 radical (unpaired) electrons. The normalized spacial score (nSPS) is 11.0. The summed E-state index contributed by atoms with van der Waals surface area (Å²) in [6, 6.07) is 15.7. The number of nitrogens with one attached hydrogen (secondary N) is 4. The van der Waals surface area contributed by atoms with E-state index in [0.29, 0.717) is 12.2 Å². The highest BCUT2D eigenvalue weighted by Crippen LogP contribution is 2.44. The summed E-state index contributed by atoms with van der Waals surface area (Å²) in [7, 11) is 0. The number of carbonyl (C=O) groups is 2. The standard InChI is InChI=1S/2C20H22N2O2.C4H4O4/c2*1-11-5-13(3)19(23)15(7-11)18(17-9-21-10-22-17)16-8-12(2)6-14(4)20(16)24;5-3(6)1-2-4(7)8/h2*5-10,18,23-24H,1-4H3,(H,21,22);1-2H,(H,5,6)(H,7,8)/b;;2-1+. The van der Waals surface area contributed by atoms with Gasteiger partial charge in [-0.05, 0) is 89.8 Å². The molecule has 4 aromatic carbocycles. The van der Waals surface area contributed by atoms with Gasteiger partial charge in [0.2, 0.25) is 12.7 Å². The van der Waals surface area contributed by atoms with Crippen molar-refractivity contribution in [3.05, 3.63) is 164 Å². The van der Waals surface area contributed by atoms with Gasteiger partial charge in [0, 0.05) is 22.3 Å². The van der Waals surface area contributed by atoms with Crippen LogP contribution in [0.15, 0.2) is 85.7 Å². The lowest BCUT2D eigenvalue weighted by molar-refractivity contribution is -0.376. The SMILES string of the molecule is Cc1cc(C)c(O)c(C(c2c[nH+]c[nH]2)c2cc(C)cc(C)c2O)c1.Cc1cc(C)c(O)c(C(c2c[nH+]c[nH]2)c2cc(C)cc(C)c2O)c1.O=C([O-])/C=C/C(=O)[O-]. The Bertz CT molecular complexity index is 2080. The van der Waals surface area contributed by atoms with Crippen molar-refractivity contribution >= 4 is 11.9 Å². The van der Waals surface area contributed by atoms with Gasteiger partial charge in [0.25, 0.3) is 0 Å². The predicted molar refractivity (Wildman–Crippen MR) is 206 cm³/mol. The highest BCUT2D eigenvalue weighted by molar-refractivity contribution is 5.87. The second-order valence-corrected chi connectivity index (χ2v) is 14.0. The molecule has 0 aliphatic heterocycles. The third-order valence-corrected chi connectivity index (χ3v) is 9.24. The number of H-pyrrole nitrogens is 4. The Labute approximate surface area is 325 Å². The van der Waals surface area contributed by atoms with Crippen LogP contribution in [0.4, 0.5) is 0 Å². The van der Waals surface area contributed by atoms with E-state index >= 15 is 0 Å². The van der Waals surface area contributed by atoms with E-state index in [1.165, 1.54) is 0 Å². The second-order valence-electron chi connectivity index (χ2n) is 14.0. The smallest absolute Gasteiger partial charge is 0.239 e. The van der Waals surface area contributed by atoms with Gasteiger partial charge in [0.15, 0.2) is 11.4 Å². The van der Waals surface area contributed by atoms with Crippen molar-refractivity contribution in [1.29, 1.82) is 0 Å². The van der Waals surface area contributed by atoms with E-state index in [1.54, 1.807) is 12.7 Å². The molecule has 2 heterocycles. The Morgan fingerprint density at radius 2 is 0.750 bits per heavy atom. The van der Waals surface area contributed by atoms with Crippen molar-refractivity contribution in [2.45, 2.75) is 67.2 Å². The predicted octanol–water partition coefficient (Wildman–Crippen LogP) is 4.35. The van der Waals surface area contributed by atoms with Crippen LogP contribution in [0.25, 0.3) is 0 Å². The van der Waals surface area contributed by atoms with Crippen LogP contribution in [0.5, 0.6) is 23.0 Å². The first kappa shape index (κ1) is 41.9. The highest BCUT2D eigenvalue weighted by atomic mass is 16.4. The Morgan fingerprint density at radius 1 is 0.500 bits per heavy atom. The van der Waals surface area contributed by atoms with Gasteiger partial charge in [0.1, 0.15) is 35.4 Å². The van der Waals surface area contributed by atoms with Crippen molar-refractivity contribution in [3.8, 4) is 23.0 Å². The largest absolute Gasteiger partial charge is 0.545 e. The molecule has 0 bridgehead atoms. The number of carbonyl (C=O) groups excluding carboxylic acids is 2. The number of carboxylic acid groups (broad SMARTS) is 2. The maximum atomic E-state index is 10.7. The number of imidazole rings is 2. The number of rotatable bonds is 8. The number of aliphatic carboxylic acids is 2. The Kier molecular flexibility index (Phi) is 13.5. The average molecular weight is 761 g/mol. The van der Waals surface area contributed by atoms with Crippen LogP contribution in [0.1, 0.15) is 90.0 Å². The minimum absolute atomic E-state index is 0.263. The fourth-order valence-electron chi connectivity index (χ4n) is 6.92. The number of hydrogen-bond acceptors (Lipinski definition) is 8. The van der Waals surface area contributed by atoms with E-state index in [0.717, 1.165) is 78.1 Å². The molecule has 56 heavy (non-hydrogen) atoms.